The third kappa shape index (κ3) is 55.3. The van der Waals surface area contributed by atoms with E-state index in [9.17, 15) is 14.4 Å². The van der Waals surface area contributed by atoms with Gasteiger partial charge >= 0.3 is 17.9 Å². The van der Waals surface area contributed by atoms with Gasteiger partial charge in [0.25, 0.3) is 0 Å². The number of ether oxygens (including phenoxy) is 3. The molecule has 0 aliphatic heterocycles. The molecular formula is C64H108O6. The highest BCUT2D eigenvalue weighted by Gasteiger charge is 2.19. The van der Waals surface area contributed by atoms with Crippen LogP contribution in [0.1, 0.15) is 271 Å². The molecule has 0 spiro atoms. The minimum Gasteiger partial charge on any atom is -0.462 e. The summed E-state index contributed by atoms with van der Waals surface area (Å²) >= 11 is 0. The van der Waals surface area contributed by atoms with E-state index in [4.69, 9.17) is 14.2 Å². The Hall–Kier alpha value is -3.67. The van der Waals surface area contributed by atoms with Crippen molar-refractivity contribution in [1.29, 1.82) is 0 Å². The van der Waals surface area contributed by atoms with Gasteiger partial charge in [0.05, 0.1) is 6.42 Å². The van der Waals surface area contributed by atoms with E-state index >= 15 is 0 Å². The first kappa shape index (κ1) is 66.3. The van der Waals surface area contributed by atoms with Crippen molar-refractivity contribution in [2.24, 2.45) is 0 Å². The summed E-state index contributed by atoms with van der Waals surface area (Å²) in [6.07, 6.45) is 77.1. The lowest BCUT2D eigenvalue weighted by Gasteiger charge is -2.18. The quantitative estimate of drug-likeness (QED) is 0.0262. The van der Waals surface area contributed by atoms with Gasteiger partial charge in [0.2, 0.25) is 0 Å². The van der Waals surface area contributed by atoms with Gasteiger partial charge in [0.15, 0.2) is 6.10 Å². The molecule has 0 aromatic heterocycles. The van der Waals surface area contributed by atoms with Crippen LogP contribution in [-0.4, -0.2) is 37.2 Å². The molecule has 0 saturated heterocycles. The molecule has 6 nitrogen and oxygen atoms in total. The molecule has 0 aliphatic rings. The molecule has 0 fully saturated rings. The summed E-state index contributed by atoms with van der Waals surface area (Å²) in [4.78, 5) is 38.1. The fourth-order valence-corrected chi connectivity index (χ4v) is 8.00. The van der Waals surface area contributed by atoms with Gasteiger partial charge in [-0.15, -0.1) is 0 Å². The molecule has 6 heteroatoms. The topological polar surface area (TPSA) is 78.9 Å². The first-order valence-corrected chi connectivity index (χ1v) is 29.2. The van der Waals surface area contributed by atoms with Crippen molar-refractivity contribution in [3.05, 3.63) is 97.2 Å². The van der Waals surface area contributed by atoms with E-state index in [-0.39, 0.29) is 31.6 Å². The van der Waals surface area contributed by atoms with E-state index in [2.05, 4.69) is 106 Å². The SMILES string of the molecule is CC/C=C\C/C=C\C/C=C\C/C=C\C/C=C\CC(=O)OC(COC(=O)CCCCCCCCCC/C=C\C/C=C\C/C=C\CCCCCCC)COC(=O)CCCCCCCCCCCCCCCC. The van der Waals surface area contributed by atoms with E-state index in [0.29, 0.717) is 12.8 Å². The third-order valence-corrected chi connectivity index (χ3v) is 12.4. The number of carbonyl (C=O) groups is 3. The van der Waals surface area contributed by atoms with Crippen molar-refractivity contribution in [3.8, 4) is 0 Å². The molecule has 1 unspecified atom stereocenters. The summed E-state index contributed by atoms with van der Waals surface area (Å²) in [5.41, 5.74) is 0. The molecule has 0 radical (unpaired) electrons. The smallest absolute Gasteiger partial charge is 0.310 e. The van der Waals surface area contributed by atoms with Gasteiger partial charge in [-0.2, -0.15) is 0 Å². The Morgan fingerprint density at radius 1 is 0.314 bits per heavy atom. The van der Waals surface area contributed by atoms with Crippen LogP contribution in [-0.2, 0) is 28.6 Å². The molecule has 0 rings (SSSR count). The summed E-state index contributed by atoms with van der Waals surface area (Å²) in [6.45, 7) is 6.44. The highest BCUT2D eigenvalue weighted by Crippen LogP contribution is 2.15. The van der Waals surface area contributed by atoms with Crippen LogP contribution < -0.4 is 0 Å². The van der Waals surface area contributed by atoms with Gasteiger partial charge in [-0.3, -0.25) is 14.4 Å². The molecule has 0 aliphatic carbocycles. The Morgan fingerprint density at radius 3 is 0.943 bits per heavy atom. The van der Waals surface area contributed by atoms with Crippen LogP contribution >= 0.6 is 0 Å². The van der Waals surface area contributed by atoms with Crippen molar-refractivity contribution in [2.75, 3.05) is 13.2 Å². The normalized spacial score (nSPS) is 12.8. The van der Waals surface area contributed by atoms with E-state index in [1.807, 2.05) is 6.08 Å². The summed E-state index contributed by atoms with van der Waals surface area (Å²) < 4.78 is 16.7. The number of allylic oxidation sites excluding steroid dienone is 15. The Balaban J connectivity index is 4.43. The predicted molar refractivity (Wildman–Crippen MR) is 302 cm³/mol. The van der Waals surface area contributed by atoms with Crippen LogP contribution in [0.2, 0.25) is 0 Å². The Labute approximate surface area is 432 Å². The lowest BCUT2D eigenvalue weighted by atomic mass is 10.0. The van der Waals surface area contributed by atoms with Crippen LogP contribution in [0, 0.1) is 0 Å². The average Bonchev–Trinajstić information content (AvgIpc) is 3.36. The standard InChI is InChI=1S/C64H108O6/c1-4-7-10-13-16-19-22-25-28-29-30-31-32-33-34-35-37-39-42-45-48-51-54-57-63(66)69-60-61(59-68-62(65)56-53-50-47-44-41-38-27-24-21-18-15-12-9-6-3)70-64(67)58-55-52-49-46-43-40-36-26-23-20-17-14-11-8-5-2/h8,11,17,20,22,25-26,29-30,32-33,36,43,46,52,55,61H,4-7,9-10,12-16,18-19,21,23-24,27-28,31,34-35,37-42,44-45,47-51,53-54,56-60H2,1-3H3/b11-8-,20-17-,25-22-,30-29-,33-32-,36-26-,46-43-,55-52-. The van der Waals surface area contributed by atoms with Gasteiger partial charge in [0.1, 0.15) is 13.2 Å². The third-order valence-electron chi connectivity index (χ3n) is 12.4. The minimum atomic E-state index is -0.834. The summed E-state index contributed by atoms with van der Waals surface area (Å²) in [5.74, 6) is -1.05. The maximum Gasteiger partial charge on any atom is 0.310 e. The Morgan fingerprint density at radius 2 is 0.600 bits per heavy atom. The number of rotatable bonds is 52. The Kier molecular flexibility index (Phi) is 54.9. The van der Waals surface area contributed by atoms with Crippen molar-refractivity contribution >= 4 is 17.9 Å². The van der Waals surface area contributed by atoms with Crippen LogP contribution in [0.4, 0.5) is 0 Å². The fraction of sp³-hybridized carbons (Fsp3) is 0.703. The molecule has 0 bridgehead atoms. The molecule has 0 aromatic carbocycles. The Bertz CT molecular complexity index is 1400. The average molecular weight is 974 g/mol. The van der Waals surface area contributed by atoms with Crippen molar-refractivity contribution in [1.82, 2.24) is 0 Å². The first-order valence-electron chi connectivity index (χ1n) is 29.2. The second-order valence-electron chi connectivity index (χ2n) is 19.2. The molecule has 0 N–H and O–H groups in total. The van der Waals surface area contributed by atoms with Gasteiger partial charge in [-0.1, -0.05) is 266 Å². The van der Waals surface area contributed by atoms with E-state index in [1.165, 1.54) is 141 Å². The molecule has 0 amide bonds. The predicted octanol–water partition coefficient (Wildman–Crippen LogP) is 19.7. The fourth-order valence-electron chi connectivity index (χ4n) is 8.00. The monoisotopic (exact) mass is 973 g/mol. The lowest BCUT2D eigenvalue weighted by Crippen LogP contribution is -2.30. The second kappa shape index (κ2) is 57.9. The lowest BCUT2D eigenvalue weighted by molar-refractivity contribution is -0.166. The van der Waals surface area contributed by atoms with Crippen LogP contribution in [0.5, 0.6) is 0 Å². The van der Waals surface area contributed by atoms with Crippen molar-refractivity contribution < 1.29 is 28.6 Å². The van der Waals surface area contributed by atoms with Crippen LogP contribution in [0.25, 0.3) is 0 Å². The highest BCUT2D eigenvalue weighted by molar-refractivity contribution is 5.72. The minimum absolute atomic E-state index is 0.0949. The van der Waals surface area contributed by atoms with Crippen molar-refractivity contribution in [2.45, 2.75) is 277 Å². The van der Waals surface area contributed by atoms with E-state index in [1.54, 1.807) is 6.08 Å². The zero-order valence-corrected chi connectivity index (χ0v) is 45.8. The number of unbranched alkanes of at least 4 members (excludes halogenated alkanes) is 26. The van der Waals surface area contributed by atoms with E-state index < -0.39 is 12.1 Å². The van der Waals surface area contributed by atoms with Gasteiger partial charge in [-0.25, -0.2) is 0 Å². The number of esters is 3. The molecule has 0 saturated carbocycles. The van der Waals surface area contributed by atoms with Crippen LogP contribution in [0.15, 0.2) is 97.2 Å². The van der Waals surface area contributed by atoms with E-state index in [0.717, 1.165) is 89.9 Å². The zero-order chi connectivity index (χ0) is 50.7. The molecule has 1 atom stereocenters. The van der Waals surface area contributed by atoms with Crippen molar-refractivity contribution in [3.63, 3.8) is 0 Å². The number of carbonyl (C=O) groups excluding carboxylic acids is 3. The molecule has 400 valence electrons. The zero-order valence-electron chi connectivity index (χ0n) is 45.8. The van der Waals surface area contributed by atoms with Gasteiger partial charge < -0.3 is 14.2 Å². The largest absolute Gasteiger partial charge is 0.462 e. The molecule has 70 heavy (non-hydrogen) atoms. The van der Waals surface area contributed by atoms with Gasteiger partial charge in [0, 0.05) is 12.8 Å². The maximum atomic E-state index is 12.8. The van der Waals surface area contributed by atoms with Gasteiger partial charge in [-0.05, 0) is 83.5 Å². The molecule has 0 aromatic rings. The summed E-state index contributed by atoms with van der Waals surface area (Å²) in [6, 6.07) is 0. The number of hydrogen-bond acceptors (Lipinski definition) is 6. The summed E-state index contributed by atoms with van der Waals surface area (Å²) in [5, 5.41) is 0. The summed E-state index contributed by atoms with van der Waals surface area (Å²) in [7, 11) is 0. The highest BCUT2D eigenvalue weighted by atomic mass is 16.6. The molecular weight excluding hydrogens is 865 g/mol. The molecule has 0 heterocycles. The maximum absolute atomic E-state index is 12.8. The van der Waals surface area contributed by atoms with Crippen LogP contribution in [0.3, 0.4) is 0 Å². The second-order valence-corrected chi connectivity index (χ2v) is 19.2. The first-order chi connectivity index (χ1) is 34.5. The number of hydrogen-bond donors (Lipinski definition) is 0.